The molecular formula is C19H20O5. The summed E-state index contributed by atoms with van der Waals surface area (Å²) in [5.41, 5.74) is 0.710. The Labute approximate surface area is 139 Å². The Morgan fingerprint density at radius 2 is 2.00 bits per heavy atom. The first-order valence-corrected chi connectivity index (χ1v) is 7.90. The van der Waals surface area contributed by atoms with E-state index < -0.39 is 11.2 Å². The molecule has 0 radical (unpaired) electrons. The zero-order valence-corrected chi connectivity index (χ0v) is 14.2. The van der Waals surface area contributed by atoms with Gasteiger partial charge in [0.1, 0.15) is 23.0 Å². The summed E-state index contributed by atoms with van der Waals surface area (Å²) >= 11 is 0. The van der Waals surface area contributed by atoms with Gasteiger partial charge in [-0.25, -0.2) is 9.59 Å². The number of ether oxygens (including phenoxy) is 2. The van der Waals surface area contributed by atoms with Crippen LogP contribution in [0, 0.1) is 0 Å². The van der Waals surface area contributed by atoms with Crippen LogP contribution in [0.3, 0.4) is 0 Å². The molecule has 0 unspecified atom stereocenters. The van der Waals surface area contributed by atoms with Gasteiger partial charge >= 0.3 is 11.6 Å². The first-order chi connectivity index (χ1) is 11.3. The molecular weight excluding hydrogens is 308 g/mol. The zero-order chi connectivity index (χ0) is 17.5. The minimum Gasteiger partial charge on any atom is -0.485 e. The molecule has 1 aromatic heterocycles. The van der Waals surface area contributed by atoms with E-state index in [1.54, 1.807) is 26.0 Å². The summed E-state index contributed by atoms with van der Waals surface area (Å²) in [5.74, 6) is 0.298. The van der Waals surface area contributed by atoms with E-state index in [-0.39, 0.29) is 12.1 Å². The molecule has 5 nitrogen and oxygen atoms in total. The molecule has 1 aromatic carbocycles. The molecule has 2 aromatic rings. The summed E-state index contributed by atoms with van der Waals surface area (Å²) < 4.78 is 16.9. The minimum atomic E-state index is -0.818. The molecule has 5 heteroatoms. The fraction of sp³-hybridized carbons (Fsp3) is 0.368. The molecule has 1 aliphatic rings. The lowest BCUT2D eigenvalue weighted by atomic mass is 9.96. The quantitative estimate of drug-likeness (QED) is 0.491. The molecule has 0 amide bonds. The lowest BCUT2D eigenvalue weighted by Crippen LogP contribution is -2.43. The predicted octanol–water partition coefficient (Wildman–Crippen LogP) is 3.38. The Kier molecular flexibility index (Phi) is 3.95. The number of carbonyl (C=O) groups excluding carboxylic acids is 1. The van der Waals surface area contributed by atoms with E-state index in [2.05, 4.69) is 0 Å². The molecule has 2 heterocycles. The average Bonchev–Trinajstić information content (AvgIpc) is 2.99. The second-order valence-electron chi connectivity index (χ2n) is 6.49. The molecule has 1 aliphatic heterocycles. The lowest BCUT2D eigenvalue weighted by molar-refractivity contribution is -0.159. The van der Waals surface area contributed by atoms with Crippen molar-refractivity contribution in [3.63, 3.8) is 0 Å². The van der Waals surface area contributed by atoms with Crippen LogP contribution >= 0.6 is 0 Å². The van der Waals surface area contributed by atoms with Gasteiger partial charge in [0.25, 0.3) is 0 Å². The number of carbonyl (C=O) groups is 1. The molecule has 0 fully saturated rings. The van der Waals surface area contributed by atoms with E-state index in [0.717, 1.165) is 10.9 Å². The fourth-order valence-electron chi connectivity index (χ4n) is 2.75. The van der Waals surface area contributed by atoms with Gasteiger partial charge in [-0.1, -0.05) is 6.08 Å². The summed E-state index contributed by atoms with van der Waals surface area (Å²) in [4.78, 5) is 23.6. The van der Waals surface area contributed by atoms with Gasteiger partial charge in [0.05, 0.1) is 0 Å². The normalized spacial score (nSPS) is 17.5. The average molecular weight is 328 g/mol. The molecule has 0 saturated heterocycles. The maximum atomic E-state index is 12.1. The van der Waals surface area contributed by atoms with Crippen LogP contribution < -0.4 is 10.4 Å². The van der Waals surface area contributed by atoms with Crippen LogP contribution in [0.1, 0.15) is 33.3 Å². The third-order valence-corrected chi connectivity index (χ3v) is 4.39. The Morgan fingerprint density at radius 3 is 2.71 bits per heavy atom. The molecule has 3 rings (SSSR count). The highest BCUT2D eigenvalue weighted by Crippen LogP contribution is 2.38. The molecule has 126 valence electrons. The van der Waals surface area contributed by atoms with Crippen LogP contribution in [0.4, 0.5) is 0 Å². The molecule has 0 aliphatic carbocycles. The highest BCUT2D eigenvalue weighted by atomic mass is 16.6. The summed E-state index contributed by atoms with van der Waals surface area (Å²) in [5, 5.41) is 0.845. The maximum absolute atomic E-state index is 12.1. The van der Waals surface area contributed by atoms with Crippen molar-refractivity contribution >= 4 is 16.9 Å². The smallest absolute Gasteiger partial charge is 0.336 e. The van der Waals surface area contributed by atoms with Crippen LogP contribution in [0.2, 0.25) is 0 Å². The van der Waals surface area contributed by atoms with E-state index in [4.69, 9.17) is 13.9 Å². The van der Waals surface area contributed by atoms with E-state index in [1.807, 2.05) is 26.0 Å². The van der Waals surface area contributed by atoms with Crippen LogP contribution in [0.5, 0.6) is 5.75 Å². The van der Waals surface area contributed by atoms with Crippen LogP contribution in [0.15, 0.2) is 45.1 Å². The van der Waals surface area contributed by atoms with Crippen molar-refractivity contribution in [3.8, 4) is 5.75 Å². The van der Waals surface area contributed by atoms with E-state index in [9.17, 15) is 9.59 Å². The largest absolute Gasteiger partial charge is 0.485 e. The highest BCUT2D eigenvalue weighted by molar-refractivity contribution is 5.88. The number of hydrogen-bond donors (Lipinski definition) is 0. The molecule has 0 bridgehead atoms. The monoisotopic (exact) mass is 328 g/mol. The molecule has 0 saturated carbocycles. The van der Waals surface area contributed by atoms with Crippen LogP contribution in [-0.2, 0) is 16.0 Å². The highest BCUT2D eigenvalue weighted by Gasteiger charge is 2.40. The number of fused-ring (bicyclic) bond motifs is 3. The van der Waals surface area contributed by atoms with Gasteiger partial charge in [0, 0.05) is 29.0 Å². The summed E-state index contributed by atoms with van der Waals surface area (Å²) in [6, 6.07) is 6.83. The second-order valence-corrected chi connectivity index (χ2v) is 6.49. The molecule has 1 atom stereocenters. The zero-order valence-electron chi connectivity index (χ0n) is 14.2. The minimum absolute atomic E-state index is 0.350. The van der Waals surface area contributed by atoms with Crippen LogP contribution in [0.25, 0.3) is 11.0 Å². The summed E-state index contributed by atoms with van der Waals surface area (Å²) in [6.07, 6.45) is 1.87. The fourth-order valence-corrected chi connectivity index (χ4v) is 2.75. The van der Waals surface area contributed by atoms with Gasteiger partial charge in [-0.2, -0.15) is 0 Å². The molecule has 0 N–H and O–H groups in total. The molecule has 24 heavy (non-hydrogen) atoms. The number of benzene rings is 1. The second kappa shape index (κ2) is 5.82. The van der Waals surface area contributed by atoms with Crippen LogP contribution in [-0.4, -0.2) is 17.7 Å². The Morgan fingerprint density at radius 1 is 1.29 bits per heavy atom. The van der Waals surface area contributed by atoms with Crippen molar-refractivity contribution in [1.82, 2.24) is 0 Å². The van der Waals surface area contributed by atoms with Gasteiger partial charge in [-0.15, -0.1) is 0 Å². The van der Waals surface area contributed by atoms with E-state index in [0.29, 0.717) is 23.3 Å². The number of allylic oxidation sites excluding steroid dienone is 1. The van der Waals surface area contributed by atoms with Gasteiger partial charge < -0.3 is 13.9 Å². The topological polar surface area (TPSA) is 65.7 Å². The van der Waals surface area contributed by atoms with Crippen molar-refractivity contribution < 1.29 is 18.7 Å². The lowest BCUT2D eigenvalue weighted by Gasteiger charge is -2.30. The van der Waals surface area contributed by atoms with Crippen molar-refractivity contribution in [2.45, 2.75) is 45.8 Å². The Balaban J connectivity index is 1.90. The van der Waals surface area contributed by atoms with Gasteiger partial charge in [-0.05, 0) is 45.9 Å². The van der Waals surface area contributed by atoms with Gasteiger partial charge in [0.15, 0.2) is 0 Å². The van der Waals surface area contributed by atoms with Crippen molar-refractivity contribution in [1.29, 1.82) is 0 Å². The maximum Gasteiger partial charge on any atom is 0.336 e. The predicted molar refractivity (Wildman–Crippen MR) is 90.2 cm³/mol. The molecule has 0 spiro atoms. The Hall–Kier alpha value is -2.56. The number of hydrogen-bond acceptors (Lipinski definition) is 5. The number of rotatable bonds is 3. The first kappa shape index (κ1) is 16.3. The van der Waals surface area contributed by atoms with Crippen molar-refractivity contribution in [3.05, 3.63) is 51.9 Å². The van der Waals surface area contributed by atoms with E-state index >= 15 is 0 Å². The number of esters is 1. The SMILES string of the molecule is CC=C(C)C(=O)OC(C)(C)[C@H]1Cc2c(ccc3ccc(=O)oc23)O1. The standard InChI is InChI=1S/C19H20O5/c1-5-11(2)18(21)24-19(3,4)15-10-13-14(22-15)8-6-12-7-9-16(20)23-17(12)13/h5-9,15H,10H2,1-4H3/t15-/m1/s1. The summed E-state index contributed by atoms with van der Waals surface area (Å²) in [6.45, 7) is 7.15. The Bertz CT molecular complexity index is 888. The third kappa shape index (κ3) is 2.82. The third-order valence-electron chi connectivity index (χ3n) is 4.39. The van der Waals surface area contributed by atoms with Crippen molar-refractivity contribution in [2.75, 3.05) is 0 Å². The van der Waals surface area contributed by atoms with E-state index in [1.165, 1.54) is 6.07 Å². The first-order valence-electron chi connectivity index (χ1n) is 7.90. The van der Waals surface area contributed by atoms with Crippen molar-refractivity contribution in [2.24, 2.45) is 0 Å². The summed E-state index contributed by atoms with van der Waals surface area (Å²) in [7, 11) is 0. The van der Waals surface area contributed by atoms with Gasteiger partial charge in [0.2, 0.25) is 0 Å². The van der Waals surface area contributed by atoms with Gasteiger partial charge in [-0.3, -0.25) is 0 Å².